The maximum Gasteiger partial charge on any atom is 0.215 e. The second-order valence-corrected chi connectivity index (χ2v) is 6.42. The van der Waals surface area contributed by atoms with E-state index in [-0.39, 0.29) is 11.8 Å². The van der Waals surface area contributed by atoms with Gasteiger partial charge in [0, 0.05) is 25.0 Å². The molecule has 1 aromatic heterocycles. The molecule has 1 aromatic rings. The molecule has 0 saturated carbocycles. The number of nitrogens with one attached hydrogen (secondary N) is 2. The number of hydrogen-bond acceptors (Lipinski definition) is 4. The Morgan fingerprint density at radius 1 is 1.44 bits per heavy atom. The number of rotatable bonds is 5. The summed E-state index contributed by atoms with van der Waals surface area (Å²) < 4.78 is 26.4. The largest absolute Gasteiger partial charge is 0.313 e. The van der Waals surface area contributed by atoms with Crippen molar-refractivity contribution in [3.8, 4) is 0 Å². The molecule has 1 aliphatic rings. The first-order chi connectivity index (χ1) is 8.66. The molecule has 18 heavy (non-hydrogen) atoms. The fraction of sp³-hybridized carbons (Fsp3) is 0.583. The summed E-state index contributed by atoms with van der Waals surface area (Å²) in [7, 11) is -3.26. The van der Waals surface area contributed by atoms with Gasteiger partial charge < -0.3 is 5.32 Å². The molecule has 0 aromatic carbocycles. The number of nitrogens with zero attached hydrogens (tertiary/aromatic N) is 1. The lowest BCUT2D eigenvalue weighted by Gasteiger charge is -2.23. The molecule has 5 nitrogen and oxygen atoms in total. The quantitative estimate of drug-likeness (QED) is 0.823. The van der Waals surface area contributed by atoms with Crippen LogP contribution in [0.2, 0.25) is 0 Å². The van der Waals surface area contributed by atoms with E-state index >= 15 is 0 Å². The Bertz CT molecular complexity index is 455. The lowest BCUT2D eigenvalue weighted by atomic mass is 10.1. The van der Waals surface area contributed by atoms with Gasteiger partial charge in [-0.1, -0.05) is 12.5 Å². The summed E-state index contributed by atoms with van der Waals surface area (Å²) in [6.45, 7) is 1.46. The molecule has 0 unspecified atom stereocenters. The van der Waals surface area contributed by atoms with Crippen molar-refractivity contribution >= 4 is 10.0 Å². The number of aromatic nitrogens is 1. The second kappa shape index (κ2) is 6.26. The van der Waals surface area contributed by atoms with Crippen molar-refractivity contribution in [2.24, 2.45) is 0 Å². The van der Waals surface area contributed by atoms with Gasteiger partial charge in [0.1, 0.15) is 0 Å². The lowest BCUT2D eigenvalue weighted by molar-refractivity contribution is 0.398. The van der Waals surface area contributed by atoms with E-state index in [0.29, 0.717) is 12.1 Å². The maximum absolute atomic E-state index is 11.9. The Hall–Kier alpha value is -0.980. The number of hydrogen-bond donors (Lipinski definition) is 2. The highest BCUT2D eigenvalue weighted by Gasteiger charge is 2.16. The molecular weight excluding hydrogens is 250 g/mol. The van der Waals surface area contributed by atoms with Crippen LogP contribution in [0.25, 0.3) is 0 Å². The average molecular weight is 269 g/mol. The highest BCUT2D eigenvalue weighted by molar-refractivity contribution is 7.88. The van der Waals surface area contributed by atoms with Gasteiger partial charge >= 0.3 is 0 Å². The smallest absolute Gasteiger partial charge is 0.215 e. The molecule has 1 saturated heterocycles. The van der Waals surface area contributed by atoms with Crippen molar-refractivity contribution < 1.29 is 8.42 Å². The van der Waals surface area contributed by atoms with Gasteiger partial charge in [-0.3, -0.25) is 4.98 Å². The molecule has 6 heteroatoms. The SMILES string of the molecule is O=S(=O)(Cc1cccnc1)NC[C@@H]1CCCCN1. The minimum absolute atomic E-state index is 0.00639. The van der Waals surface area contributed by atoms with Crippen molar-refractivity contribution in [3.05, 3.63) is 30.1 Å². The van der Waals surface area contributed by atoms with Crippen LogP contribution in [-0.4, -0.2) is 32.5 Å². The Morgan fingerprint density at radius 2 is 2.33 bits per heavy atom. The molecule has 2 heterocycles. The van der Waals surface area contributed by atoms with E-state index in [1.54, 1.807) is 24.5 Å². The van der Waals surface area contributed by atoms with Crippen molar-refractivity contribution in [3.63, 3.8) is 0 Å². The maximum atomic E-state index is 11.9. The molecule has 1 aliphatic heterocycles. The average Bonchev–Trinajstić information content (AvgIpc) is 2.38. The number of pyridine rings is 1. The topological polar surface area (TPSA) is 71.1 Å². The van der Waals surface area contributed by atoms with E-state index in [4.69, 9.17) is 0 Å². The molecule has 0 radical (unpaired) electrons. The molecule has 1 atom stereocenters. The third-order valence-corrected chi connectivity index (χ3v) is 4.36. The zero-order chi connectivity index (χ0) is 12.8. The van der Waals surface area contributed by atoms with E-state index in [9.17, 15) is 8.42 Å². The third kappa shape index (κ3) is 4.36. The van der Waals surface area contributed by atoms with Gasteiger partial charge in [-0.15, -0.1) is 0 Å². The third-order valence-electron chi connectivity index (χ3n) is 3.04. The molecule has 0 amide bonds. The zero-order valence-electron chi connectivity index (χ0n) is 10.3. The van der Waals surface area contributed by atoms with Crippen LogP contribution in [0.4, 0.5) is 0 Å². The fourth-order valence-corrected chi connectivity index (χ4v) is 3.25. The summed E-state index contributed by atoms with van der Waals surface area (Å²) in [5.74, 6) is -0.00639. The monoisotopic (exact) mass is 269 g/mol. The second-order valence-electron chi connectivity index (χ2n) is 4.62. The molecule has 0 bridgehead atoms. The van der Waals surface area contributed by atoms with Crippen molar-refractivity contribution in [2.45, 2.75) is 31.1 Å². The van der Waals surface area contributed by atoms with Crippen molar-refractivity contribution in [1.29, 1.82) is 0 Å². The highest BCUT2D eigenvalue weighted by atomic mass is 32.2. The highest BCUT2D eigenvalue weighted by Crippen LogP contribution is 2.07. The Labute approximate surface area is 108 Å². The van der Waals surface area contributed by atoms with Gasteiger partial charge in [0.2, 0.25) is 10.0 Å². The van der Waals surface area contributed by atoms with Crippen LogP contribution in [0.3, 0.4) is 0 Å². The summed E-state index contributed by atoms with van der Waals surface area (Å²) in [4.78, 5) is 3.91. The molecular formula is C12H19N3O2S. The van der Waals surface area contributed by atoms with Crippen LogP contribution in [0.15, 0.2) is 24.5 Å². The van der Waals surface area contributed by atoms with Gasteiger partial charge in [0.05, 0.1) is 5.75 Å². The minimum atomic E-state index is -3.26. The number of piperidine rings is 1. The van der Waals surface area contributed by atoms with Crippen LogP contribution >= 0.6 is 0 Å². The van der Waals surface area contributed by atoms with Crippen LogP contribution in [0, 0.1) is 0 Å². The summed E-state index contributed by atoms with van der Waals surface area (Å²) in [5.41, 5.74) is 0.710. The van der Waals surface area contributed by atoms with Gasteiger partial charge in [-0.2, -0.15) is 0 Å². The van der Waals surface area contributed by atoms with Crippen molar-refractivity contribution in [2.75, 3.05) is 13.1 Å². The summed E-state index contributed by atoms with van der Waals surface area (Å²) in [6.07, 6.45) is 6.60. The molecule has 2 N–H and O–H groups in total. The Kier molecular flexibility index (Phi) is 4.68. The van der Waals surface area contributed by atoms with E-state index in [2.05, 4.69) is 15.0 Å². The molecule has 1 fully saturated rings. The van der Waals surface area contributed by atoms with Crippen LogP contribution in [0.5, 0.6) is 0 Å². The summed E-state index contributed by atoms with van der Waals surface area (Å²) >= 11 is 0. The van der Waals surface area contributed by atoms with Gasteiger partial charge in [-0.05, 0) is 31.0 Å². The molecule has 100 valence electrons. The molecule has 2 rings (SSSR count). The van der Waals surface area contributed by atoms with Crippen LogP contribution in [-0.2, 0) is 15.8 Å². The first kappa shape index (κ1) is 13.5. The van der Waals surface area contributed by atoms with Gasteiger partial charge in [0.25, 0.3) is 0 Å². The van der Waals surface area contributed by atoms with E-state index in [1.807, 2.05) is 0 Å². The van der Waals surface area contributed by atoms with E-state index in [1.165, 1.54) is 12.8 Å². The summed E-state index contributed by atoms with van der Waals surface area (Å²) in [5, 5.41) is 3.32. The normalized spacial score (nSPS) is 20.8. The van der Waals surface area contributed by atoms with E-state index in [0.717, 1.165) is 13.0 Å². The van der Waals surface area contributed by atoms with Gasteiger partial charge in [0.15, 0.2) is 0 Å². The first-order valence-corrected chi connectivity index (χ1v) is 7.90. The number of sulfonamides is 1. The minimum Gasteiger partial charge on any atom is -0.313 e. The zero-order valence-corrected chi connectivity index (χ0v) is 11.1. The van der Waals surface area contributed by atoms with Crippen LogP contribution in [0.1, 0.15) is 24.8 Å². The molecule has 0 aliphatic carbocycles. The predicted molar refractivity (Wildman–Crippen MR) is 70.5 cm³/mol. The van der Waals surface area contributed by atoms with Crippen molar-refractivity contribution in [1.82, 2.24) is 15.0 Å². The van der Waals surface area contributed by atoms with Crippen LogP contribution < -0.4 is 10.0 Å². The lowest BCUT2D eigenvalue weighted by Crippen LogP contribution is -2.43. The first-order valence-electron chi connectivity index (χ1n) is 6.25. The Balaban J connectivity index is 1.83. The Morgan fingerprint density at radius 3 is 3.00 bits per heavy atom. The fourth-order valence-electron chi connectivity index (χ4n) is 2.08. The standard InChI is InChI=1S/C12H19N3O2S/c16-18(17,10-11-4-3-6-13-8-11)15-9-12-5-1-2-7-14-12/h3-4,6,8,12,14-15H,1-2,5,7,9-10H2/t12-/m0/s1. The predicted octanol–water partition coefficient (Wildman–Crippen LogP) is 0.643. The van der Waals surface area contributed by atoms with Gasteiger partial charge in [-0.25, -0.2) is 13.1 Å². The summed E-state index contributed by atoms with van der Waals surface area (Å²) in [6, 6.07) is 3.78. The van der Waals surface area contributed by atoms with E-state index < -0.39 is 10.0 Å². The molecule has 0 spiro atoms.